The normalized spacial score (nSPS) is 12.9. The Kier molecular flexibility index (Phi) is 3.27. The van der Waals surface area contributed by atoms with E-state index in [9.17, 15) is 5.11 Å². The van der Waals surface area contributed by atoms with Crippen molar-refractivity contribution in [1.82, 2.24) is 18.5 Å². The van der Waals surface area contributed by atoms with Crippen LogP contribution in [0.2, 0.25) is 0 Å². The Morgan fingerprint density at radius 2 is 2.21 bits per heavy atom. The molecule has 3 rings (SSSR count). The van der Waals surface area contributed by atoms with Crippen molar-refractivity contribution < 1.29 is 5.11 Å². The number of fused-ring (bicyclic) bond motifs is 1. The van der Waals surface area contributed by atoms with E-state index < -0.39 is 6.10 Å². The van der Waals surface area contributed by atoms with Crippen LogP contribution >= 0.6 is 11.7 Å². The fourth-order valence-electron chi connectivity index (χ4n) is 2.19. The Balaban J connectivity index is 1.97. The Morgan fingerprint density at radius 3 is 2.95 bits per heavy atom. The number of hydrogen-bond acceptors (Lipinski definition) is 5. The van der Waals surface area contributed by atoms with Gasteiger partial charge in [0.1, 0.15) is 11.8 Å². The third-order valence-corrected chi connectivity index (χ3v) is 3.63. The van der Waals surface area contributed by atoms with Crippen molar-refractivity contribution in [2.45, 2.75) is 26.0 Å². The van der Waals surface area contributed by atoms with Gasteiger partial charge in [0.25, 0.3) is 0 Å². The summed E-state index contributed by atoms with van der Waals surface area (Å²) in [6, 6.07) is 8.08. The van der Waals surface area contributed by atoms with Crippen LogP contribution < -0.4 is 0 Å². The zero-order chi connectivity index (χ0) is 13.2. The number of aliphatic hydroxyl groups excluding tert-OH is 1. The maximum Gasteiger partial charge on any atom is 0.104 e. The van der Waals surface area contributed by atoms with Gasteiger partial charge in [-0.2, -0.15) is 13.8 Å². The molecule has 19 heavy (non-hydrogen) atoms. The van der Waals surface area contributed by atoms with Crippen LogP contribution in [0.1, 0.15) is 24.4 Å². The van der Waals surface area contributed by atoms with Crippen molar-refractivity contribution in [3.63, 3.8) is 0 Å². The first-order valence-corrected chi connectivity index (χ1v) is 6.92. The first-order valence-electron chi connectivity index (χ1n) is 6.19. The number of aliphatic hydroxyl groups is 1. The number of nitrogens with zero attached hydrogens (tertiary/aromatic N) is 4. The first kappa shape index (κ1) is 12.3. The predicted octanol–water partition coefficient (Wildman–Crippen LogP) is 2.18. The summed E-state index contributed by atoms with van der Waals surface area (Å²) in [4.78, 5) is 0. The molecule has 1 unspecified atom stereocenters. The highest BCUT2D eigenvalue weighted by atomic mass is 32.1. The molecule has 5 nitrogen and oxygen atoms in total. The Morgan fingerprint density at radius 1 is 1.37 bits per heavy atom. The van der Waals surface area contributed by atoms with Crippen LogP contribution in [-0.4, -0.2) is 23.6 Å². The lowest BCUT2D eigenvalue weighted by Gasteiger charge is -2.04. The minimum Gasteiger partial charge on any atom is -0.386 e. The second kappa shape index (κ2) is 5.07. The topological polar surface area (TPSA) is 63.8 Å². The van der Waals surface area contributed by atoms with Crippen LogP contribution in [0.15, 0.2) is 30.5 Å². The molecular formula is C13H14N4OS. The number of aryl methyl sites for hydroxylation is 1. The maximum absolute atomic E-state index is 10.2. The van der Waals surface area contributed by atoms with Gasteiger partial charge in [0, 0.05) is 18.4 Å². The summed E-state index contributed by atoms with van der Waals surface area (Å²) >= 11 is 1.11. The van der Waals surface area contributed by atoms with E-state index in [-0.39, 0.29) is 0 Å². The smallest absolute Gasteiger partial charge is 0.104 e. The highest BCUT2D eigenvalue weighted by Gasteiger charge is 2.16. The Hall–Kier alpha value is -1.79. The van der Waals surface area contributed by atoms with Crippen molar-refractivity contribution >= 4 is 22.6 Å². The fourth-order valence-corrected chi connectivity index (χ4v) is 2.66. The highest BCUT2D eigenvalue weighted by Crippen LogP contribution is 2.23. The second-order valence-corrected chi connectivity index (χ2v) is 4.89. The lowest BCUT2D eigenvalue weighted by Crippen LogP contribution is -2.04. The summed E-state index contributed by atoms with van der Waals surface area (Å²) in [6.07, 6.45) is 1.41. The predicted molar refractivity (Wildman–Crippen MR) is 74.0 cm³/mol. The monoisotopic (exact) mass is 274 g/mol. The van der Waals surface area contributed by atoms with Gasteiger partial charge in [0.05, 0.1) is 29.1 Å². The molecular weight excluding hydrogens is 260 g/mol. The third kappa shape index (κ3) is 2.24. The fraction of sp³-hybridized carbons (Fsp3) is 0.308. The molecule has 0 saturated carbocycles. The van der Waals surface area contributed by atoms with Gasteiger partial charge in [0.15, 0.2) is 0 Å². The molecule has 3 aromatic rings. The highest BCUT2D eigenvalue weighted by molar-refractivity contribution is 6.99. The van der Waals surface area contributed by atoms with E-state index in [1.54, 1.807) is 6.20 Å². The second-order valence-electron chi connectivity index (χ2n) is 4.33. The summed E-state index contributed by atoms with van der Waals surface area (Å²) in [5.41, 5.74) is 2.61. The molecule has 1 N–H and O–H groups in total. The van der Waals surface area contributed by atoms with Crippen LogP contribution in [-0.2, 0) is 13.0 Å². The molecule has 1 atom stereocenters. The zero-order valence-corrected chi connectivity index (χ0v) is 11.3. The van der Waals surface area contributed by atoms with Gasteiger partial charge < -0.3 is 5.11 Å². The lowest BCUT2D eigenvalue weighted by atomic mass is 10.1. The summed E-state index contributed by atoms with van der Waals surface area (Å²) in [6.45, 7) is 2.87. The van der Waals surface area contributed by atoms with Gasteiger partial charge in [-0.05, 0) is 13.0 Å². The molecule has 1 aromatic carbocycles. The molecule has 98 valence electrons. The van der Waals surface area contributed by atoms with Crippen molar-refractivity contribution in [3.05, 3.63) is 41.9 Å². The summed E-state index contributed by atoms with van der Waals surface area (Å²) < 4.78 is 9.93. The molecule has 2 heterocycles. The van der Waals surface area contributed by atoms with Gasteiger partial charge >= 0.3 is 0 Å². The molecule has 0 fully saturated rings. The Bertz CT molecular complexity index is 677. The third-order valence-electron chi connectivity index (χ3n) is 3.14. The summed E-state index contributed by atoms with van der Waals surface area (Å²) in [7, 11) is 0. The quantitative estimate of drug-likeness (QED) is 0.792. The van der Waals surface area contributed by atoms with Gasteiger partial charge in [-0.25, -0.2) is 0 Å². The summed E-state index contributed by atoms with van der Waals surface area (Å²) in [5, 5.41) is 15.8. The lowest BCUT2D eigenvalue weighted by molar-refractivity contribution is 0.173. The van der Waals surface area contributed by atoms with Crippen molar-refractivity contribution in [3.8, 4) is 0 Å². The first-order chi connectivity index (χ1) is 9.29. The van der Waals surface area contributed by atoms with E-state index in [1.807, 2.05) is 28.9 Å². The average molecular weight is 274 g/mol. The van der Waals surface area contributed by atoms with Crippen LogP contribution in [0.4, 0.5) is 0 Å². The standard InChI is InChI=1S/C13H14N4OS/c1-2-17-12-6-4-3-5-9(12)10(15-17)7-13(18)11-8-14-19-16-11/h3-6,8,13,18H,2,7H2,1H3. The van der Waals surface area contributed by atoms with Gasteiger partial charge in [-0.1, -0.05) is 18.2 Å². The molecule has 2 aromatic heterocycles. The van der Waals surface area contributed by atoms with E-state index >= 15 is 0 Å². The molecule has 0 amide bonds. The SMILES string of the molecule is CCn1nc(CC(O)c2cnsn2)c2ccccc21. The summed E-state index contributed by atoms with van der Waals surface area (Å²) in [5.74, 6) is 0. The average Bonchev–Trinajstić information content (AvgIpc) is 3.07. The number of aromatic nitrogens is 4. The van der Waals surface area contributed by atoms with Crippen LogP contribution in [0, 0.1) is 0 Å². The number of hydrogen-bond donors (Lipinski definition) is 1. The molecule has 0 bridgehead atoms. The van der Waals surface area contributed by atoms with Crippen LogP contribution in [0.5, 0.6) is 0 Å². The maximum atomic E-state index is 10.2. The molecule has 0 aliphatic heterocycles. The van der Waals surface area contributed by atoms with E-state index in [4.69, 9.17) is 0 Å². The van der Waals surface area contributed by atoms with E-state index in [0.29, 0.717) is 12.1 Å². The molecule has 0 aliphatic rings. The largest absolute Gasteiger partial charge is 0.386 e. The number of para-hydroxylation sites is 1. The number of rotatable bonds is 4. The molecule has 6 heteroatoms. The molecule has 0 spiro atoms. The van der Waals surface area contributed by atoms with E-state index in [1.165, 1.54) is 0 Å². The van der Waals surface area contributed by atoms with E-state index in [0.717, 1.165) is 34.9 Å². The van der Waals surface area contributed by atoms with Crippen molar-refractivity contribution in [2.24, 2.45) is 0 Å². The van der Waals surface area contributed by atoms with Crippen LogP contribution in [0.3, 0.4) is 0 Å². The minimum absolute atomic E-state index is 0.457. The van der Waals surface area contributed by atoms with Gasteiger partial charge in [-0.15, -0.1) is 0 Å². The van der Waals surface area contributed by atoms with E-state index in [2.05, 4.69) is 20.8 Å². The van der Waals surface area contributed by atoms with Gasteiger partial charge in [0.2, 0.25) is 0 Å². The van der Waals surface area contributed by atoms with Crippen LogP contribution in [0.25, 0.3) is 10.9 Å². The van der Waals surface area contributed by atoms with Crippen molar-refractivity contribution in [1.29, 1.82) is 0 Å². The molecule has 0 aliphatic carbocycles. The molecule has 0 radical (unpaired) electrons. The zero-order valence-electron chi connectivity index (χ0n) is 10.5. The Labute approximate surface area is 114 Å². The van der Waals surface area contributed by atoms with Crippen molar-refractivity contribution in [2.75, 3.05) is 0 Å². The number of benzene rings is 1. The molecule has 0 saturated heterocycles. The minimum atomic E-state index is -0.651. The van der Waals surface area contributed by atoms with Gasteiger partial charge in [-0.3, -0.25) is 4.68 Å².